The van der Waals surface area contributed by atoms with Crippen molar-refractivity contribution in [3.05, 3.63) is 47.5 Å². The number of rotatable bonds is 4. The summed E-state index contributed by atoms with van der Waals surface area (Å²) in [5, 5.41) is 16.3. The van der Waals surface area contributed by atoms with Gasteiger partial charge in [-0.25, -0.2) is 4.39 Å². The van der Waals surface area contributed by atoms with Crippen molar-refractivity contribution in [2.45, 2.75) is 26.4 Å². The van der Waals surface area contributed by atoms with E-state index in [4.69, 9.17) is 5.26 Å². The molecule has 2 aromatic rings. The Kier molecular flexibility index (Phi) is 3.81. The molecule has 1 heterocycles. The molecule has 0 saturated carbocycles. The van der Waals surface area contributed by atoms with Crippen LogP contribution in [0.2, 0.25) is 0 Å². The van der Waals surface area contributed by atoms with E-state index in [-0.39, 0.29) is 11.6 Å². The zero-order valence-electron chi connectivity index (χ0n) is 10.9. The van der Waals surface area contributed by atoms with Crippen LogP contribution in [0.15, 0.2) is 30.6 Å². The number of nitriles is 1. The predicted molar refractivity (Wildman–Crippen MR) is 71.1 cm³/mol. The molecule has 4 nitrogen and oxygen atoms in total. The van der Waals surface area contributed by atoms with E-state index >= 15 is 0 Å². The van der Waals surface area contributed by atoms with Gasteiger partial charge >= 0.3 is 0 Å². The van der Waals surface area contributed by atoms with Crippen LogP contribution in [0.5, 0.6) is 0 Å². The van der Waals surface area contributed by atoms with Crippen molar-refractivity contribution < 1.29 is 4.39 Å². The maximum Gasteiger partial charge on any atom is 0.143 e. The van der Waals surface area contributed by atoms with E-state index < -0.39 is 5.82 Å². The first-order valence-electron chi connectivity index (χ1n) is 6.13. The van der Waals surface area contributed by atoms with E-state index in [9.17, 15) is 4.39 Å². The average Bonchev–Trinajstić information content (AvgIpc) is 2.88. The van der Waals surface area contributed by atoms with Crippen LogP contribution < -0.4 is 5.32 Å². The van der Waals surface area contributed by atoms with Gasteiger partial charge in [0.25, 0.3) is 0 Å². The van der Waals surface area contributed by atoms with Crippen molar-refractivity contribution in [3.63, 3.8) is 0 Å². The second-order valence-corrected chi connectivity index (χ2v) is 4.27. The highest BCUT2D eigenvalue weighted by atomic mass is 19.1. The lowest BCUT2D eigenvalue weighted by molar-refractivity contribution is 0.624. The molecule has 0 aliphatic carbocycles. The number of hydrogen-bond acceptors (Lipinski definition) is 3. The fraction of sp³-hybridized carbons (Fsp3) is 0.286. The zero-order valence-corrected chi connectivity index (χ0v) is 10.9. The average molecular weight is 258 g/mol. The van der Waals surface area contributed by atoms with Crippen LogP contribution in [0.25, 0.3) is 0 Å². The number of benzene rings is 1. The monoisotopic (exact) mass is 258 g/mol. The number of aromatic nitrogens is 2. The molecule has 1 atom stereocenters. The van der Waals surface area contributed by atoms with Gasteiger partial charge in [0.1, 0.15) is 17.4 Å². The molecule has 0 spiro atoms. The minimum Gasteiger partial charge on any atom is -0.377 e. The summed E-state index contributed by atoms with van der Waals surface area (Å²) >= 11 is 0. The van der Waals surface area contributed by atoms with Gasteiger partial charge in [0.05, 0.1) is 17.9 Å². The lowest BCUT2D eigenvalue weighted by atomic mass is 10.1. The van der Waals surface area contributed by atoms with Crippen molar-refractivity contribution in [3.8, 4) is 6.07 Å². The van der Waals surface area contributed by atoms with Gasteiger partial charge in [0.2, 0.25) is 0 Å². The molecule has 0 radical (unpaired) electrons. The molecule has 5 heteroatoms. The van der Waals surface area contributed by atoms with Gasteiger partial charge in [0, 0.05) is 18.3 Å². The number of hydrogen-bond donors (Lipinski definition) is 1. The van der Waals surface area contributed by atoms with Crippen molar-refractivity contribution in [1.29, 1.82) is 5.26 Å². The van der Waals surface area contributed by atoms with Crippen LogP contribution >= 0.6 is 0 Å². The molecule has 1 N–H and O–H groups in total. The van der Waals surface area contributed by atoms with E-state index in [1.807, 2.05) is 30.8 Å². The molecule has 1 unspecified atom stereocenters. The maximum atomic E-state index is 13.5. The summed E-state index contributed by atoms with van der Waals surface area (Å²) < 4.78 is 15.3. The Morgan fingerprint density at radius 3 is 2.95 bits per heavy atom. The van der Waals surface area contributed by atoms with Crippen LogP contribution in [0.4, 0.5) is 10.1 Å². The number of aryl methyl sites for hydroxylation is 1. The largest absolute Gasteiger partial charge is 0.377 e. The highest BCUT2D eigenvalue weighted by Gasteiger charge is 2.12. The fourth-order valence-corrected chi connectivity index (χ4v) is 1.85. The minimum atomic E-state index is -0.510. The van der Waals surface area contributed by atoms with Crippen LogP contribution in [0.1, 0.15) is 31.0 Å². The van der Waals surface area contributed by atoms with Gasteiger partial charge in [0.15, 0.2) is 0 Å². The van der Waals surface area contributed by atoms with Gasteiger partial charge in [-0.15, -0.1) is 0 Å². The Balaban J connectivity index is 2.22. The standard InChI is InChI=1S/C14H15FN4/c1-3-19-9-11(8-17-19)10(2)18-14-6-4-5-13(15)12(14)7-16/h4-6,8-10,18H,3H2,1-2H3. The molecular formula is C14H15FN4. The normalized spacial score (nSPS) is 11.9. The van der Waals surface area contributed by atoms with Gasteiger partial charge in [-0.05, 0) is 26.0 Å². The summed E-state index contributed by atoms with van der Waals surface area (Å²) in [5.41, 5.74) is 1.53. The Hall–Kier alpha value is -2.35. The first-order chi connectivity index (χ1) is 9.15. The molecule has 0 amide bonds. The van der Waals surface area contributed by atoms with Gasteiger partial charge in [-0.1, -0.05) is 6.07 Å². The first-order valence-corrected chi connectivity index (χ1v) is 6.13. The summed E-state index contributed by atoms with van der Waals surface area (Å²) in [6, 6.07) is 6.39. The van der Waals surface area contributed by atoms with Crippen molar-refractivity contribution in [2.75, 3.05) is 5.32 Å². The zero-order chi connectivity index (χ0) is 13.8. The van der Waals surface area contributed by atoms with Crippen molar-refractivity contribution in [1.82, 2.24) is 9.78 Å². The molecule has 0 aliphatic heterocycles. The van der Waals surface area contributed by atoms with E-state index in [1.54, 1.807) is 18.3 Å². The lowest BCUT2D eigenvalue weighted by Gasteiger charge is -2.14. The van der Waals surface area contributed by atoms with Crippen LogP contribution in [-0.2, 0) is 6.54 Å². The molecule has 0 fully saturated rings. The number of nitrogens with zero attached hydrogens (tertiary/aromatic N) is 3. The first kappa shape index (κ1) is 13.1. The third kappa shape index (κ3) is 2.74. The number of halogens is 1. The minimum absolute atomic E-state index is 0.0391. The summed E-state index contributed by atoms with van der Waals surface area (Å²) in [4.78, 5) is 0. The van der Waals surface area contributed by atoms with Crippen LogP contribution in [0, 0.1) is 17.1 Å². The summed E-state index contributed by atoms with van der Waals surface area (Å²) in [6.07, 6.45) is 3.70. The molecule has 0 saturated heterocycles. The Morgan fingerprint density at radius 2 is 2.32 bits per heavy atom. The van der Waals surface area contributed by atoms with E-state index in [2.05, 4.69) is 10.4 Å². The van der Waals surface area contributed by atoms with Gasteiger partial charge in [-0.3, -0.25) is 4.68 Å². The third-order valence-corrected chi connectivity index (χ3v) is 2.97. The summed E-state index contributed by atoms with van der Waals surface area (Å²) in [5.74, 6) is -0.510. The Bertz CT molecular complexity index is 612. The SMILES string of the molecule is CCn1cc(C(C)Nc2cccc(F)c2C#N)cn1. The smallest absolute Gasteiger partial charge is 0.143 e. The van der Waals surface area contributed by atoms with E-state index in [0.29, 0.717) is 5.69 Å². The molecule has 98 valence electrons. The molecular weight excluding hydrogens is 243 g/mol. The number of anilines is 1. The van der Waals surface area contributed by atoms with E-state index in [0.717, 1.165) is 12.1 Å². The van der Waals surface area contributed by atoms with E-state index in [1.165, 1.54) is 6.07 Å². The topological polar surface area (TPSA) is 53.6 Å². The summed E-state index contributed by atoms with van der Waals surface area (Å²) in [7, 11) is 0. The molecule has 0 bridgehead atoms. The molecule has 2 rings (SSSR count). The molecule has 1 aromatic carbocycles. The number of nitrogens with one attached hydrogen (secondary N) is 1. The van der Waals surface area contributed by atoms with Crippen LogP contribution in [-0.4, -0.2) is 9.78 Å². The molecule has 19 heavy (non-hydrogen) atoms. The third-order valence-electron chi connectivity index (χ3n) is 2.97. The van der Waals surface area contributed by atoms with Crippen LogP contribution in [0.3, 0.4) is 0 Å². The lowest BCUT2D eigenvalue weighted by Crippen LogP contribution is -2.08. The van der Waals surface area contributed by atoms with Crippen molar-refractivity contribution >= 4 is 5.69 Å². The quantitative estimate of drug-likeness (QED) is 0.916. The Morgan fingerprint density at radius 1 is 1.53 bits per heavy atom. The molecule has 0 aliphatic rings. The fourth-order valence-electron chi connectivity index (χ4n) is 1.85. The highest BCUT2D eigenvalue weighted by Crippen LogP contribution is 2.23. The summed E-state index contributed by atoms with van der Waals surface area (Å²) in [6.45, 7) is 4.76. The molecule has 1 aromatic heterocycles. The van der Waals surface area contributed by atoms with Gasteiger partial charge in [-0.2, -0.15) is 10.4 Å². The van der Waals surface area contributed by atoms with Crippen molar-refractivity contribution in [2.24, 2.45) is 0 Å². The second kappa shape index (κ2) is 5.53. The maximum absolute atomic E-state index is 13.5. The van der Waals surface area contributed by atoms with Gasteiger partial charge < -0.3 is 5.32 Å². The second-order valence-electron chi connectivity index (χ2n) is 4.27. The Labute approximate surface area is 111 Å². The predicted octanol–water partition coefficient (Wildman–Crippen LogP) is 3.09. The highest BCUT2D eigenvalue weighted by molar-refractivity contribution is 5.58.